The largest absolute Gasteiger partial charge is 0.342 e. The third-order valence-electron chi connectivity index (χ3n) is 4.47. The first kappa shape index (κ1) is 17.8. The maximum atomic E-state index is 6.05. The first-order chi connectivity index (χ1) is 12.2. The third-order valence-corrected chi connectivity index (χ3v) is 4.71. The monoisotopic (exact) mass is 352 g/mol. The summed E-state index contributed by atoms with van der Waals surface area (Å²) >= 11 is 6.05. The Balaban J connectivity index is 1.61. The number of hydrogen-bond donors (Lipinski definition) is 1. The molecule has 1 heterocycles. The Morgan fingerprint density at radius 3 is 2.56 bits per heavy atom. The Bertz CT molecular complexity index is 790. The lowest BCUT2D eigenvalue weighted by Crippen LogP contribution is -1.90. The molecule has 0 saturated carbocycles. The summed E-state index contributed by atoms with van der Waals surface area (Å²) in [6.45, 7) is 2.25. The number of aromatic nitrogens is 2. The molecule has 1 aromatic heterocycles. The van der Waals surface area contributed by atoms with E-state index in [-0.39, 0.29) is 0 Å². The minimum Gasteiger partial charge on any atom is -0.342 e. The lowest BCUT2D eigenvalue weighted by Gasteiger charge is -2.03. The van der Waals surface area contributed by atoms with Gasteiger partial charge >= 0.3 is 0 Å². The molecule has 25 heavy (non-hydrogen) atoms. The molecule has 0 radical (unpaired) electrons. The van der Waals surface area contributed by atoms with E-state index in [0.717, 1.165) is 28.5 Å². The smallest absolute Gasteiger partial charge is 0.110 e. The highest BCUT2D eigenvalue weighted by Crippen LogP contribution is 2.20. The van der Waals surface area contributed by atoms with Crippen LogP contribution in [0.25, 0.3) is 11.3 Å². The van der Waals surface area contributed by atoms with Crippen LogP contribution in [0.4, 0.5) is 0 Å². The van der Waals surface area contributed by atoms with Crippen molar-refractivity contribution < 1.29 is 0 Å². The Morgan fingerprint density at radius 1 is 0.960 bits per heavy atom. The fraction of sp³-hybridized carbons (Fsp3) is 0.318. The molecule has 3 aromatic rings. The number of nitrogens with one attached hydrogen (secondary N) is 1. The van der Waals surface area contributed by atoms with Crippen LogP contribution in [-0.2, 0) is 12.8 Å². The van der Waals surface area contributed by atoms with Crippen LogP contribution in [0, 0.1) is 0 Å². The van der Waals surface area contributed by atoms with E-state index in [9.17, 15) is 0 Å². The lowest BCUT2D eigenvalue weighted by atomic mass is 10.0. The summed E-state index contributed by atoms with van der Waals surface area (Å²) in [6.07, 6.45) is 9.07. The van der Waals surface area contributed by atoms with Crippen molar-refractivity contribution in [3.63, 3.8) is 0 Å². The van der Waals surface area contributed by atoms with Crippen molar-refractivity contribution in [2.24, 2.45) is 0 Å². The fourth-order valence-electron chi connectivity index (χ4n) is 3.05. The molecule has 0 aliphatic carbocycles. The maximum Gasteiger partial charge on any atom is 0.110 e. The predicted molar refractivity (Wildman–Crippen MR) is 106 cm³/mol. The van der Waals surface area contributed by atoms with Gasteiger partial charge in [-0.25, -0.2) is 4.98 Å². The summed E-state index contributed by atoms with van der Waals surface area (Å²) in [4.78, 5) is 7.93. The number of benzene rings is 2. The molecule has 0 saturated heterocycles. The van der Waals surface area contributed by atoms with Crippen LogP contribution in [0.3, 0.4) is 0 Å². The van der Waals surface area contributed by atoms with Gasteiger partial charge in [0.05, 0.1) is 11.9 Å². The van der Waals surface area contributed by atoms with Crippen LogP contribution in [-0.4, -0.2) is 9.97 Å². The summed E-state index contributed by atoms with van der Waals surface area (Å²) in [7, 11) is 0. The molecular weight excluding hydrogens is 328 g/mol. The summed E-state index contributed by atoms with van der Waals surface area (Å²) in [5.74, 6) is 0.959. The highest BCUT2D eigenvalue weighted by molar-refractivity contribution is 6.30. The molecule has 0 bridgehead atoms. The fourth-order valence-corrected chi connectivity index (χ4v) is 3.26. The Labute approximate surface area is 155 Å². The zero-order valence-corrected chi connectivity index (χ0v) is 15.5. The van der Waals surface area contributed by atoms with Crippen molar-refractivity contribution in [1.29, 1.82) is 0 Å². The molecule has 3 rings (SSSR count). The van der Waals surface area contributed by atoms with Gasteiger partial charge in [-0.1, -0.05) is 74.2 Å². The maximum absolute atomic E-state index is 6.05. The number of nitrogens with zero attached hydrogens (tertiary/aromatic N) is 1. The average Bonchev–Trinajstić information content (AvgIpc) is 3.08. The number of halogens is 1. The molecule has 0 aliphatic rings. The van der Waals surface area contributed by atoms with Crippen LogP contribution in [0.2, 0.25) is 5.02 Å². The molecule has 0 atom stereocenters. The van der Waals surface area contributed by atoms with Crippen molar-refractivity contribution in [2.45, 2.75) is 45.4 Å². The molecule has 0 spiro atoms. The third kappa shape index (κ3) is 5.20. The number of hydrogen-bond acceptors (Lipinski definition) is 1. The van der Waals surface area contributed by atoms with E-state index in [4.69, 9.17) is 11.6 Å². The molecule has 1 N–H and O–H groups in total. The van der Waals surface area contributed by atoms with Gasteiger partial charge in [0.1, 0.15) is 5.82 Å². The molecule has 0 aliphatic heterocycles. The van der Waals surface area contributed by atoms with E-state index >= 15 is 0 Å². The van der Waals surface area contributed by atoms with E-state index in [2.05, 4.69) is 47.2 Å². The highest BCUT2D eigenvalue weighted by Gasteiger charge is 2.05. The number of rotatable bonds is 8. The van der Waals surface area contributed by atoms with Gasteiger partial charge in [-0.15, -0.1) is 0 Å². The standard InChI is InChI=1S/C22H25ClN2/c1-2-3-4-5-7-17-10-12-19(13-11-17)21-16-24-22(25-21)15-18-8-6-9-20(23)14-18/h6,8-14,16H,2-5,7,15H2,1H3,(H,24,25). The minimum absolute atomic E-state index is 0.760. The van der Waals surface area contributed by atoms with Gasteiger partial charge in [0.15, 0.2) is 0 Å². The molecule has 0 fully saturated rings. The van der Waals surface area contributed by atoms with E-state index < -0.39 is 0 Å². The van der Waals surface area contributed by atoms with Crippen LogP contribution >= 0.6 is 11.6 Å². The van der Waals surface area contributed by atoms with Crippen LogP contribution in [0.1, 0.15) is 49.6 Å². The number of aromatic amines is 1. The Hall–Kier alpha value is -2.06. The zero-order chi connectivity index (χ0) is 17.5. The van der Waals surface area contributed by atoms with Gasteiger partial charge < -0.3 is 4.98 Å². The highest BCUT2D eigenvalue weighted by atomic mass is 35.5. The van der Waals surface area contributed by atoms with Gasteiger partial charge in [-0.2, -0.15) is 0 Å². The normalized spacial score (nSPS) is 11.0. The molecule has 130 valence electrons. The summed E-state index contributed by atoms with van der Waals surface area (Å²) in [5, 5.41) is 0.763. The van der Waals surface area contributed by atoms with E-state index in [1.807, 2.05) is 24.4 Å². The average molecular weight is 353 g/mol. The number of aryl methyl sites for hydroxylation is 1. The number of imidazole rings is 1. The molecule has 2 nitrogen and oxygen atoms in total. The van der Waals surface area contributed by atoms with Crippen molar-refractivity contribution in [1.82, 2.24) is 9.97 Å². The zero-order valence-electron chi connectivity index (χ0n) is 14.8. The van der Waals surface area contributed by atoms with Gasteiger partial charge in [0, 0.05) is 11.4 Å². The van der Waals surface area contributed by atoms with Gasteiger partial charge in [-0.05, 0) is 41.7 Å². The van der Waals surface area contributed by atoms with E-state index in [0.29, 0.717) is 0 Å². The van der Waals surface area contributed by atoms with Crippen molar-refractivity contribution in [2.75, 3.05) is 0 Å². The molecule has 2 aromatic carbocycles. The minimum atomic E-state index is 0.760. The lowest BCUT2D eigenvalue weighted by molar-refractivity contribution is 0.667. The van der Waals surface area contributed by atoms with Gasteiger partial charge in [0.2, 0.25) is 0 Å². The summed E-state index contributed by atoms with van der Waals surface area (Å²) < 4.78 is 0. The second-order valence-electron chi connectivity index (χ2n) is 6.56. The second kappa shape index (κ2) is 8.87. The topological polar surface area (TPSA) is 28.7 Å². The predicted octanol–water partition coefficient (Wildman–Crippen LogP) is 6.44. The molecular formula is C22H25ClN2. The first-order valence-electron chi connectivity index (χ1n) is 9.12. The molecule has 0 amide bonds. The van der Waals surface area contributed by atoms with E-state index in [1.54, 1.807) is 0 Å². The second-order valence-corrected chi connectivity index (χ2v) is 6.99. The molecule has 3 heteroatoms. The Kier molecular flexibility index (Phi) is 6.30. The van der Waals surface area contributed by atoms with Crippen molar-refractivity contribution in [3.8, 4) is 11.3 Å². The summed E-state index contributed by atoms with van der Waals surface area (Å²) in [5.41, 5.74) is 4.83. The summed E-state index contributed by atoms with van der Waals surface area (Å²) in [6, 6.07) is 16.8. The number of unbranched alkanes of at least 4 members (excludes halogenated alkanes) is 3. The first-order valence-corrected chi connectivity index (χ1v) is 9.50. The number of H-pyrrole nitrogens is 1. The van der Waals surface area contributed by atoms with Crippen LogP contribution < -0.4 is 0 Å². The van der Waals surface area contributed by atoms with Crippen LogP contribution in [0.15, 0.2) is 54.7 Å². The quantitative estimate of drug-likeness (QED) is 0.464. The van der Waals surface area contributed by atoms with Crippen molar-refractivity contribution in [3.05, 3.63) is 76.7 Å². The van der Waals surface area contributed by atoms with Crippen LogP contribution in [0.5, 0.6) is 0 Å². The Morgan fingerprint density at radius 2 is 1.80 bits per heavy atom. The van der Waals surface area contributed by atoms with Gasteiger partial charge in [0.25, 0.3) is 0 Å². The van der Waals surface area contributed by atoms with E-state index in [1.165, 1.54) is 43.2 Å². The van der Waals surface area contributed by atoms with Crippen molar-refractivity contribution >= 4 is 11.6 Å². The van der Waals surface area contributed by atoms with Gasteiger partial charge in [-0.3, -0.25) is 0 Å². The molecule has 0 unspecified atom stereocenters. The SMILES string of the molecule is CCCCCCc1ccc(-c2cnc(Cc3cccc(Cl)c3)[nH]2)cc1.